The van der Waals surface area contributed by atoms with Crippen molar-refractivity contribution in [1.82, 2.24) is 5.32 Å². The van der Waals surface area contributed by atoms with Crippen LogP contribution in [-0.4, -0.2) is 16.8 Å². The molecule has 3 N–H and O–H groups in total. The average Bonchev–Trinajstić information content (AvgIpc) is 2.65. The van der Waals surface area contributed by atoms with Crippen molar-refractivity contribution in [2.24, 2.45) is 0 Å². The van der Waals surface area contributed by atoms with Crippen LogP contribution in [0.25, 0.3) is 0 Å². The molecule has 1 aromatic carbocycles. The van der Waals surface area contributed by atoms with E-state index < -0.39 is 0 Å². The van der Waals surface area contributed by atoms with Crippen LogP contribution in [0.4, 0.5) is 0 Å². The number of benzene rings is 1. The average molecular weight is 214 g/mol. The summed E-state index contributed by atoms with van der Waals surface area (Å²) in [5.41, 5.74) is 0.615. The first-order valence-corrected chi connectivity index (χ1v) is 5.01. The number of hydrogen-bond acceptors (Lipinski definition) is 3. The number of phenols is 2. The summed E-state index contributed by atoms with van der Waals surface area (Å²) in [5, 5.41) is 22.7. The second-order valence-corrected chi connectivity index (χ2v) is 3.88. The molecule has 0 aliphatic carbocycles. The first kappa shape index (κ1) is 9.62. The normalized spacial score (nSPS) is 21.4. The number of rotatable bonds is 1. The third-order valence-electron chi connectivity index (χ3n) is 2.55. The highest BCUT2D eigenvalue weighted by Gasteiger charge is 2.23. The van der Waals surface area contributed by atoms with Crippen LogP contribution in [0.3, 0.4) is 0 Å². The molecule has 0 bridgehead atoms. The minimum absolute atomic E-state index is 0.0644. The van der Waals surface area contributed by atoms with Gasteiger partial charge in [-0.15, -0.1) is 0 Å². The molecule has 76 valence electrons. The molecule has 1 saturated heterocycles. The van der Waals surface area contributed by atoms with Crippen molar-refractivity contribution < 1.29 is 10.2 Å². The second-order valence-electron chi connectivity index (χ2n) is 3.48. The Morgan fingerprint density at radius 1 is 1.36 bits per heavy atom. The summed E-state index contributed by atoms with van der Waals surface area (Å²) in [6, 6.07) is 3.07. The number of phenolic OH excluding ortho intramolecular Hbond substituents is 2. The topological polar surface area (TPSA) is 52.5 Å². The fraction of sp³-hybridized carbons (Fsp3) is 0.400. The Balaban J connectivity index is 2.44. The van der Waals surface area contributed by atoms with Gasteiger partial charge in [-0.2, -0.15) is 0 Å². The van der Waals surface area contributed by atoms with E-state index in [2.05, 4.69) is 5.32 Å². The van der Waals surface area contributed by atoms with Gasteiger partial charge < -0.3 is 15.5 Å². The van der Waals surface area contributed by atoms with E-state index in [4.69, 9.17) is 11.6 Å². The number of hydrogen-bond donors (Lipinski definition) is 3. The molecule has 0 amide bonds. The SMILES string of the molecule is Oc1ccc(Cl)c(C2CCCN2)c1O. The quantitative estimate of drug-likeness (QED) is 0.627. The van der Waals surface area contributed by atoms with E-state index in [0.717, 1.165) is 19.4 Å². The summed E-state index contributed by atoms with van der Waals surface area (Å²) in [6.45, 7) is 0.927. The highest BCUT2D eigenvalue weighted by Crippen LogP contribution is 2.40. The van der Waals surface area contributed by atoms with E-state index in [0.29, 0.717) is 10.6 Å². The van der Waals surface area contributed by atoms with Crippen LogP contribution in [-0.2, 0) is 0 Å². The van der Waals surface area contributed by atoms with Crippen LogP contribution in [0.5, 0.6) is 11.5 Å². The lowest BCUT2D eigenvalue weighted by atomic mass is 10.0. The first-order chi connectivity index (χ1) is 6.70. The maximum Gasteiger partial charge on any atom is 0.163 e. The van der Waals surface area contributed by atoms with E-state index >= 15 is 0 Å². The summed E-state index contributed by atoms with van der Waals surface area (Å²) in [4.78, 5) is 0. The van der Waals surface area contributed by atoms with Gasteiger partial charge in [0.05, 0.1) is 0 Å². The molecule has 3 nitrogen and oxygen atoms in total. The largest absolute Gasteiger partial charge is 0.504 e. The van der Waals surface area contributed by atoms with Gasteiger partial charge in [0.25, 0.3) is 0 Å². The molecule has 0 aromatic heterocycles. The fourth-order valence-corrected chi connectivity index (χ4v) is 2.12. The molecule has 0 radical (unpaired) electrons. The van der Waals surface area contributed by atoms with Crippen molar-refractivity contribution >= 4 is 11.6 Å². The van der Waals surface area contributed by atoms with Gasteiger partial charge in [-0.25, -0.2) is 0 Å². The van der Waals surface area contributed by atoms with Crippen LogP contribution < -0.4 is 5.32 Å². The standard InChI is InChI=1S/C10H12ClNO2/c11-6-3-4-8(13)10(14)9(6)7-2-1-5-12-7/h3-4,7,12-14H,1-2,5H2. The van der Waals surface area contributed by atoms with E-state index in [1.807, 2.05) is 0 Å². The minimum Gasteiger partial charge on any atom is -0.504 e. The Hall–Kier alpha value is -0.930. The zero-order chi connectivity index (χ0) is 10.1. The highest BCUT2D eigenvalue weighted by molar-refractivity contribution is 6.31. The molecule has 1 atom stereocenters. The number of halogens is 1. The summed E-state index contributed by atoms with van der Waals surface area (Å²) in [7, 11) is 0. The molecule has 1 aromatic rings. The maximum absolute atomic E-state index is 9.66. The number of aromatic hydroxyl groups is 2. The highest BCUT2D eigenvalue weighted by atomic mass is 35.5. The van der Waals surface area contributed by atoms with Crippen LogP contribution in [0.1, 0.15) is 24.4 Å². The van der Waals surface area contributed by atoms with E-state index in [9.17, 15) is 10.2 Å². The van der Waals surface area contributed by atoms with Crippen molar-refractivity contribution in [2.45, 2.75) is 18.9 Å². The van der Waals surface area contributed by atoms with E-state index in [1.165, 1.54) is 6.07 Å². The lowest BCUT2D eigenvalue weighted by molar-refractivity contribution is 0.394. The molecule has 1 fully saturated rings. The molecule has 2 rings (SSSR count). The molecule has 0 spiro atoms. The van der Waals surface area contributed by atoms with Gasteiger partial charge in [0, 0.05) is 16.6 Å². The lowest BCUT2D eigenvalue weighted by Crippen LogP contribution is -2.13. The molecule has 0 saturated carbocycles. The Labute approximate surface area is 87.3 Å². The molecule has 14 heavy (non-hydrogen) atoms. The summed E-state index contributed by atoms with van der Waals surface area (Å²) >= 11 is 5.97. The molecule has 1 unspecified atom stereocenters. The van der Waals surface area contributed by atoms with E-state index in [1.54, 1.807) is 6.07 Å². The van der Waals surface area contributed by atoms with Gasteiger partial charge in [-0.1, -0.05) is 11.6 Å². The molecule has 1 aliphatic rings. The minimum atomic E-state index is -0.113. The van der Waals surface area contributed by atoms with Gasteiger partial charge in [0.1, 0.15) is 0 Å². The Kier molecular flexibility index (Phi) is 2.52. The van der Waals surface area contributed by atoms with Crippen LogP contribution in [0.15, 0.2) is 12.1 Å². The van der Waals surface area contributed by atoms with Crippen LogP contribution in [0.2, 0.25) is 5.02 Å². The third kappa shape index (κ3) is 1.53. The van der Waals surface area contributed by atoms with Crippen molar-refractivity contribution in [3.63, 3.8) is 0 Å². The monoisotopic (exact) mass is 213 g/mol. The second kappa shape index (κ2) is 3.67. The number of nitrogens with one attached hydrogen (secondary N) is 1. The third-order valence-corrected chi connectivity index (χ3v) is 2.88. The van der Waals surface area contributed by atoms with Crippen LogP contribution in [0, 0.1) is 0 Å². The fourth-order valence-electron chi connectivity index (χ4n) is 1.83. The van der Waals surface area contributed by atoms with Gasteiger partial charge in [-0.05, 0) is 31.5 Å². The van der Waals surface area contributed by atoms with Gasteiger partial charge in [0.2, 0.25) is 0 Å². The maximum atomic E-state index is 9.66. The van der Waals surface area contributed by atoms with Crippen LogP contribution >= 0.6 is 11.6 Å². The van der Waals surface area contributed by atoms with Crippen molar-refractivity contribution in [1.29, 1.82) is 0 Å². The smallest absolute Gasteiger partial charge is 0.163 e. The Morgan fingerprint density at radius 2 is 2.14 bits per heavy atom. The predicted octanol–water partition coefficient (Wildman–Crippen LogP) is 2.18. The predicted molar refractivity (Wildman–Crippen MR) is 54.8 cm³/mol. The van der Waals surface area contributed by atoms with Gasteiger partial charge >= 0.3 is 0 Å². The van der Waals surface area contributed by atoms with Crippen molar-refractivity contribution in [3.05, 3.63) is 22.7 Å². The lowest BCUT2D eigenvalue weighted by Gasteiger charge is -2.14. The molecule has 1 heterocycles. The summed E-state index contributed by atoms with van der Waals surface area (Å²) in [5.74, 6) is -0.213. The van der Waals surface area contributed by atoms with Gasteiger partial charge in [0.15, 0.2) is 11.5 Å². The molecule has 4 heteroatoms. The van der Waals surface area contributed by atoms with Gasteiger partial charge in [-0.3, -0.25) is 0 Å². The zero-order valence-corrected chi connectivity index (χ0v) is 8.38. The van der Waals surface area contributed by atoms with Crippen molar-refractivity contribution in [2.75, 3.05) is 6.54 Å². The molecule has 1 aliphatic heterocycles. The Morgan fingerprint density at radius 3 is 2.79 bits per heavy atom. The summed E-state index contributed by atoms with van der Waals surface area (Å²) < 4.78 is 0. The Bertz CT molecular complexity index is 348. The summed E-state index contributed by atoms with van der Waals surface area (Å²) in [6.07, 6.45) is 2.01. The molecular weight excluding hydrogens is 202 g/mol. The van der Waals surface area contributed by atoms with E-state index in [-0.39, 0.29) is 17.5 Å². The zero-order valence-electron chi connectivity index (χ0n) is 7.63. The van der Waals surface area contributed by atoms with Crippen molar-refractivity contribution in [3.8, 4) is 11.5 Å². The first-order valence-electron chi connectivity index (χ1n) is 4.64. The molecular formula is C10H12ClNO2.